The van der Waals surface area contributed by atoms with Crippen LogP contribution in [0.3, 0.4) is 0 Å². The van der Waals surface area contributed by atoms with Crippen LogP contribution in [0.5, 0.6) is 17.2 Å². The van der Waals surface area contributed by atoms with Gasteiger partial charge in [-0.2, -0.15) is 0 Å². The summed E-state index contributed by atoms with van der Waals surface area (Å²) < 4.78 is 21.6. The van der Waals surface area contributed by atoms with Crippen LogP contribution >= 0.6 is 0 Å². The molecule has 2 heterocycles. The number of amides is 1. The maximum atomic E-state index is 13.0. The Morgan fingerprint density at radius 3 is 2.47 bits per heavy atom. The van der Waals surface area contributed by atoms with Crippen LogP contribution < -0.4 is 19.8 Å². The third-order valence-corrected chi connectivity index (χ3v) is 5.55. The highest BCUT2D eigenvalue weighted by molar-refractivity contribution is 5.97. The second kappa shape index (κ2) is 9.74. The molecule has 0 saturated carbocycles. The minimum atomic E-state index is -0.652. The van der Waals surface area contributed by atoms with Crippen LogP contribution in [0, 0.1) is 0 Å². The first-order valence-electron chi connectivity index (χ1n) is 10.5. The highest BCUT2D eigenvalue weighted by atomic mass is 16.5. The maximum absolute atomic E-state index is 13.0. The van der Waals surface area contributed by atoms with Gasteiger partial charge >= 0.3 is 5.63 Å². The van der Waals surface area contributed by atoms with Crippen molar-refractivity contribution in [3.05, 3.63) is 64.5 Å². The van der Waals surface area contributed by atoms with Gasteiger partial charge in [-0.25, -0.2) is 4.79 Å². The van der Waals surface area contributed by atoms with Gasteiger partial charge in [-0.15, -0.1) is 0 Å². The molecule has 0 atom stereocenters. The Morgan fingerprint density at radius 1 is 0.969 bits per heavy atom. The Bertz CT molecular complexity index is 1150. The number of carbonyl (C=O) groups excluding carboxylic acids is 1. The molecule has 0 bridgehead atoms. The smallest absolute Gasteiger partial charge is 0.349 e. The molecule has 32 heavy (non-hydrogen) atoms. The van der Waals surface area contributed by atoms with Crippen molar-refractivity contribution in [2.24, 2.45) is 0 Å². The van der Waals surface area contributed by atoms with E-state index >= 15 is 0 Å². The van der Waals surface area contributed by atoms with Gasteiger partial charge in [0, 0.05) is 44.2 Å². The first kappa shape index (κ1) is 21.7. The van der Waals surface area contributed by atoms with Crippen LogP contribution in [-0.4, -0.2) is 69.3 Å². The standard InChI is InChI=1S/C24H26N2O6/c1-29-18-6-4-7-19(16-18)31-14-13-25-9-11-26(12-10-25)23(27)20-15-17-5-3-8-21(30-2)22(17)32-24(20)28/h3-8,15-16H,9-14H2,1-2H3. The van der Waals surface area contributed by atoms with Crippen LogP contribution in [0.25, 0.3) is 11.0 Å². The Kier molecular flexibility index (Phi) is 6.61. The maximum Gasteiger partial charge on any atom is 0.349 e. The zero-order chi connectivity index (χ0) is 22.5. The lowest BCUT2D eigenvalue weighted by atomic mass is 10.1. The molecule has 3 aromatic rings. The number of nitrogens with zero attached hydrogens (tertiary/aromatic N) is 2. The Balaban J connectivity index is 1.33. The van der Waals surface area contributed by atoms with Gasteiger partial charge in [0.15, 0.2) is 11.3 Å². The normalized spacial score (nSPS) is 14.4. The third kappa shape index (κ3) is 4.70. The molecular weight excluding hydrogens is 412 g/mol. The highest BCUT2D eigenvalue weighted by Crippen LogP contribution is 2.25. The average Bonchev–Trinajstić information content (AvgIpc) is 2.83. The highest BCUT2D eigenvalue weighted by Gasteiger charge is 2.25. The van der Waals surface area contributed by atoms with Gasteiger partial charge < -0.3 is 23.5 Å². The van der Waals surface area contributed by atoms with E-state index in [0.717, 1.165) is 18.0 Å². The van der Waals surface area contributed by atoms with Crippen LogP contribution in [0.2, 0.25) is 0 Å². The molecule has 0 radical (unpaired) electrons. The van der Waals surface area contributed by atoms with Crippen molar-refractivity contribution >= 4 is 16.9 Å². The molecule has 8 nitrogen and oxygen atoms in total. The molecule has 0 unspecified atom stereocenters. The van der Waals surface area contributed by atoms with E-state index in [1.54, 1.807) is 36.3 Å². The molecule has 0 spiro atoms. The minimum Gasteiger partial charge on any atom is -0.497 e. The van der Waals surface area contributed by atoms with Crippen molar-refractivity contribution in [3.63, 3.8) is 0 Å². The Labute approximate surface area is 185 Å². The SMILES string of the molecule is COc1cccc(OCCN2CCN(C(=O)c3cc4cccc(OC)c4oc3=O)CC2)c1. The Morgan fingerprint density at radius 2 is 1.72 bits per heavy atom. The number of rotatable bonds is 7. The summed E-state index contributed by atoms with van der Waals surface area (Å²) >= 11 is 0. The number of ether oxygens (including phenoxy) is 3. The molecule has 4 rings (SSSR count). The third-order valence-electron chi connectivity index (χ3n) is 5.55. The summed E-state index contributed by atoms with van der Waals surface area (Å²) in [7, 11) is 3.13. The number of carbonyl (C=O) groups is 1. The number of hydrogen-bond donors (Lipinski definition) is 0. The average molecular weight is 438 g/mol. The molecule has 1 amide bonds. The van der Waals surface area contributed by atoms with Gasteiger partial charge in [-0.3, -0.25) is 9.69 Å². The predicted octanol–water partition coefficient (Wildman–Crippen LogP) is 2.65. The van der Waals surface area contributed by atoms with E-state index in [9.17, 15) is 9.59 Å². The van der Waals surface area contributed by atoms with Gasteiger partial charge in [-0.05, 0) is 24.3 Å². The predicted molar refractivity (Wildman–Crippen MR) is 120 cm³/mol. The molecule has 1 aliphatic rings. The first-order chi connectivity index (χ1) is 15.6. The molecule has 2 aromatic carbocycles. The fourth-order valence-electron chi connectivity index (χ4n) is 3.76. The lowest BCUT2D eigenvalue weighted by Gasteiger charge is -2.34. The largest absolute Gasteiger partial charge is 0.497 e. The zero-order valence-electron chi connectivity index (χ0n) is 18.2. The van der Waals surface area contributed by atoms with Crippen LogP contribution in [0.15, 0.2) is 57.7 Å². The summed E-state index contributed by atoms with van der Waals surface area (Å²) in [6, 6.07) is 14.4. The summed E-state index contributed by atoms with van der Waals surface area (Å²) in [6.07, 6.45) is 0. The minimum absolute atomic E-state index is 0.0422. The van der Waals surface area contributed by atoms with Crippen molar-refractivity contribution in [2.75, 3.05) is 53.6 Å². The summed E-state index contributed by atoms with van der Waals surface area (Å²) in [6.45, 7) is 3.77. The topological polar surface area (TPSA) is 81.5 Å². The van der Waals surface area contributed by atoms with Gasteiger partial charge in [0.1, 0.15) is 23.7 Å². The van der Waals surface area contributed by atoms with E-state index in [0.29, 0.717) is 49.5 Å². The summed E-state index contributed by atoms with van der Waals surface area (Å²) in [5.74, 6) is 1.67. The Hall–Kier alpha value is -3.52. The van der Waals surface area contributed by atoms with Gasteiger partial charge in [0.05, 0.1) is 14.2 Å². The van der Waals surface area contributed by atoms with E-state index in [1.807, 2.05) is 24.3 Å². The van der Waals surface area contributed by atoms with E-state index in [2.05, 4.69) is 4.90 Å². The fourth-order valence-corrected chi connectivity index (χ4v) is 3.76. The zero-order valence-corrected chi connectivity index (χ0v) is 18.2. The summed E-state index contributed by atoms with van der Waals surface area (Å²) in [4.78, 5) is 29.4. The molecule has 8 heteroatoms. The first-order valence-corrected chi connectivity index (χ1v) is 10.5. The molecule has 168 valence electrons. The van der Waals surface area contributed by atoms with E-state index in [-0.39, 0.29) is 11.5 Å². The number of fused-ring (bicyclic) bond motifs is 1. The number of methoxy groups -OCH3 is 2. The molecule has 1 aromatic heterocycles. The second-order valence-corrected chi connectivity index (χ2v) is 7.49. The van der Waals surface area contributed by atoms with Crippen molar-refractivity contribution in [1.29, 1.82) is 0 Å². The number of para-hydroxylation sites is 1. The van der Waals surface area contributed by atoms with Gasteiger partial charge in [-0.1, -0.05) is 18.2 Å². The van der Waals surface area contributed by atoms with E-state index in [4.69, 9.17) is 18.6 Å². The lowest BCUT2D eigenvalue weighted by Crippen LogP contribution is -2.50. The number of hydrogen-bond acceptors (Lipinski definition) is 7. The lowest BCUT2D eigenvalue weighted by molar-refractivity contribution is 0.0616. The molecular formula is C24H26N2O6. The molecule has 1 fully saturated rings. The summed E-state index contributed by atoms with van der Waals surface area (Å²) in [5, 5.41) is 0.653. The quantitative estimate of drug-likeness (QED) is 0.525. The van der Waals surface area contributed by atoms with Crippen molar-refractivity contribution in [3.8, 4) is 17.2 Å². The van der Waals surface area contributed by atoms with E-state index < -0.39 is 5.63 Å². The number of benzene rings is 2. The van der Waals surface area contributed by atoms with Crippen LogP contribution in [0.1, 0.15) is 10.4 Å². The van der Waals surface area contributed by atoms with Crippen LogP contribution in [-0.2, 0) is 0 Å². The van der Waals surface area contributed by atoms with E-state index in [1.165, 1.54) is 7.11 Å². The van der Waals surface area contributed by atoms with Crippen LogP contribution in [0.4, 0.5) is 0 Å². The van der Waals surface area contributed by atoms with Gasteiger partial charge in [0.25, 0.3) is 5.91 Å². The molecule has 1 aliphatic heterocycles. The molecule has 0 N–H and O–H groups in total. The monoisotopic (exact) mass is 438 g/mol. The second-order valence-electron chi connectivity index (χ2n) is 7.49. The van der Waals surface area contributed by atoms with Crippen molar-refractivity contribution < 1.29 is 23.4 Å². The van der Waals surface area contributed by atoms with Gasteiger partial charge in [0.2, 0.25) is 0 Å². The van der Waals surface area contributed by atoms with Crippen molar-refractivity contribution in [2.45, 2.75) is 0 Å². The summed E-state index contributed by atoms with van der Waals surface area (Å²) in [5.41, 5.74) is -0.265. The molecule has 0 aliphatic carbocycles. The molecule has 1 saturated heterocycles. The fraction of sp³-hybridized carbons (Fsp3) is 0.333. The van der Waals surface area contributed by atoms with Crippen molar-refractivity contribution in [1.82, 2.24) is 9.80 Å². The number of piperazine rings is 1.